The first-order chi connectivity index (χ1) is 21.7. The highest BCUT2D eigenvalue weighted by Gasteiger charge is 2.42. The monoisotopic (exact) mass is 652 g/mol. The number of hydrogen-bond acceptors (Lipinski definition) is 9. The van der Waals surface area contributed by atoms with Gasteiger partial charge >= 0.3 is 18.0 Å². The summed E-state index contributed by atoms with van der Waals surface area (Å²) >= 11 is 7.86. The Morgan fingerprint density at radius 2 is 2.04 bits per heavy atom. The molecule has 234 valence electrons. The molecule has 14 heteroatoms. The van der Waals surface area contributed by atoms with E-state index in [9.17, 15) is 18.8 Å². The number of nitrogens with one attached hydrogen (secondary N) is 1. The number of benzene rings is 2. The molecule has 45 heavy (non-hydrogen) atoms. The lowest BCUT2D eigenvalue weighted by molar-refractivity contribution is -0.137. The van der Waals surface area contributed by atoms with Crippen molar-refractivity contribution in [2.45, 2.75) is 24.9 Å². The highest BCUT2D eigenvalue weighted by Crippen LogP contribution is 2.37. The predicted molar refractivity (Wildman–Crippen MR) is 167 cm³/mol. The third-order valence-corrected chi connectivity index (χ3v) is 9.20. The van der Waals surface area contributed by atoms with Crippen LogP contribution in [0.25, 0.3) is 0 Å². The van der Waals surface area contributed by atoms with E-state index in [1.54, 1.807) is 11.1 Å². The SMILES string of the molecule is COC(=O)C1=C(CN2CCN3C(=O)N(c4cccc(CCC(=O)O)c4)CC3C2)NC(c2nccs2)=NC1c1ccc(F)cc1Cl. The first-order valence-electron chi connectivity index (χ1n) is 14.3. The van der Waals surface area contributed by atoms with Gasteiger partial charge < -0.3 is 20.1 Å². The molecule has 11 nitrogen and oxygen atoms in total. The van der Waals surface area contributed by atoms with Gasteiger partial charge in [0.2, 0.25) is 0 Å². The van der Waals surface area contributed by atoms with Crippen LogP contribution < -0.4 is 10.2 Å². The van der Waals surface area contributed by atoms with Crippen LogP contribution in [0.3, 0.4) is 0 Å². The fourth-order valence-electron chi connectivity index (χ4n) is 5.95. The van der Waals surface area contributed by atoms with Crippen molar-refractivity contribution in [3.8, 4) is 0 Å². The standard InChI is InChI=1S/C31H30ClFN6O5S/c1-44-30(42)26-24(35-28(29-34-9-12-45-29)36-27(26)22-7-6-19(33)14-23(22)32)17-37-10-11-38-21(15-37)16-39(31(38)43)20-4-2-3-18(13-20)5-8-25(40)41/h2-4,6-7,9,12-14,21,27H,5,8,10-11,15-17H2,1H3,(H,35,36)(H,40,41). The van der Waals surface area contributed by atoms with Gasteiger partial charge in [-0.05, 0) is 36.2 Å². The highest BCUT2D eigenvalue weighted by atomic mass is 35.5. The number of urea groups is 1. The summed E-state index contributed by atoms with van der Waals surface area (Å²) in [6.45, 7) is 2.38. The summed E-state index contributed by atoms with van der Waals surface area (Å²) in [5.41, 5.74) is 2.87. The second-order valence-corrected chi connectivity index (χ2v) is 12.2. The average molecular weight is 653 g/mol. The normalized spacial score (nSPS) is 20.2. The number of carbonyl (C=O) groups excluding carboxylic acids is 2. The maximum absolute atomic E-state index is 14.0. The van der Waals surface area contributed by atoms with Crippen LogP contribution >= 0.6 is 22.9 Å². The molecule has 0 aliphatic carbocycles. The summed E-state index contributed by atoms with van der Waals surface area (Å²) in [5.74, 6) is -1.50. The van der Waals surface area contributed by atoms with Crippen LogP contribution in [0.1, 0.15) is 28.6 Å². The molecule has 0 radical (unpaired) electrons. The number of thiazole rings is 1. The molecule has 2 aromatic carbocycles. The van der Waals surface area contributed by atoms with Crippen LogP contribution in [0.4, 0.5) is 14.9 Å². The number of nitrogens with zero attached hydrogens (tertiary/aromatic N) is 5. The molecule has 2 atom stereocenters. The molecular formula is C31H30ClFN6O5S. The van der Waals surface area contributed by atoms with Crippen molar-refractivity contribution < 1.29 is 28.6 Å². The van der Waals surface area contributed by atoms with Crippen LogP contribution in [-0.2, 0) is 20.7 Å². The molecule has 2 unspecified atom stereocenters. The molecule has 3 aliphatic rings. The summed E-state index contributed by atoms with van der Waals surface area (Å²) in [6, 6.07) is 10.4. The van der Waals surface area contributed by atoms with Crippen molar-refractivity contribution in [1.29, 1.82) is 0 Å². The number of aryl methyl sites for hydroxylation is 1. The minimum atomic E-state index is -0.870. The lowest BCUT2D eigenvalue weighted by atomic mass is 9.95. The lowest BCUT2D eigenvalue weighted by Crippen LogP contribution is -2.53. The van der Waals surface area contributed by atoms with E-state index in [1.165, 1.54) is 36.6 Å². The number of esters is 1. The van der Waals surface area contributed by atoms with Gasteiger partial charge in [0.25, 0.3) is 0 Å². The van der Waals surface area contributed by atoms with Gasteiger partial charge in [-0.3, -0.25) is 19.6 Å². The zero-order chi connectivity index (χ0) is 31.7. The number of carboxylic acids is 1. The molecule has 2 fully saturated rings. The van der Waals surface area contributed by atoms with Gasteiger partial charge in [0.1, 0.15) is 11.9 Å². The van der Waals surface area contributed by atoms with Gasteiger partial charge in [0.05, 0.1) is 18.7 Å². The maximum Gasteiger partial charge on any atom is 0.338 e. The van der Waals surface area contributed by atoms with E-state index < -0.39 is 23.8 Å². The number of piperazine rings is 1. The Labute approximate surface area is 267 Å². The number of anilines is 1. The summed E-state index contributed by atoms with van der Waals surface area (Å²) in [4.78, 5) is 52.7. The van der Waals surface area contributed by atoms with Crippen molar-refractivity contribution in [1.82, 2.24) is 20.1 Å². The highest BCUT2D eigenvalue weighted by molar-refractivity contribution is 7.11. The average Bonchev–Trinajstić information content (AvgIpc) is 3.68. The Bertz CT molecular complexity index is 1700. The molecule has 0 bridgehead atoms. The number of aliphatic carboxylic acids is 1. The molecule has 2 amide bonds. The van der Waals surface area contributed by atoms with E-state index in [0.29, 0.717) is 61.2 Å². The maximum atomic E-state index is 14.0. The van der Waals surface area contributed by atoms with Crippen molar-refractivity contribution in [2.24, 2.45) is 4.99 Å². The Kier molecular flexibility index (Phi) is 8.83. The van der Waals surface area contributed by atoms with Gasteiger partial charge in [0, 0.05) is 72.7 Å². The van der Waals surface area contributed by atoms with Crippen molar-refractivity contribution in [3.05, 3.63) is 92.3 Å². The molecular weight excluding hydrogens is 623 g/mol. The van der Waals surface area contributed by atoms with E-state index in [1.807, 2.05) is 34.5 Å². The van der Waals surface area contributed by atoms with Crippen LogP contribution in [-0.4, -0.2) is 89.6 Å². The molecule has 2 N–H and O–H groups in total. The van der Waals surface area contributed by atoms with Crippen LogP contribution in [0.5, 0.6) is 0 Å². The first kappa shape index (κ1) is 30.7. The number of carbonyl (C=O) groups is 3. The zero-order valence-corrected chi connectivity index (χ0v) is 25.9. The molecule has 6 rings (SSSR count). The molecule has 4 heterocycles. The van der Waals surface area contributed by atoms with Crippen molar-refractivity contribution in [3.63, 3.8) is 0 Å². The van der Waals surface area contributed by atoms with E-state index in [4.69, 9.17) is 26.4 Å². The topological polar surface area (TPSA) is 128 Å². The Morgan fingerprint density at radius 3 is 2.78 bits per heavy atom. The molecule has 0 saturated carbocycles. The molecule has 2 saturated heterocycles. The summed E-state index contributed by atoms with van der Waals surface area (Å²) in [6.07, 6.45) is 2.06. The van der Waals surface area contributed by atoms with Crippen molar-refractivity contribution in [2.75, 3.05) is 44.7 Å². The van der Waals surface area contributed by atoms with Crippen LogP contribution in [0.15, 0.2) is 70.3 Å². The number of amidine groups is 1. The largest absolute Gasteiger partial charge is 0.481 e. The minimum Gasteiger partial charge on any atom is -0.481 e. The first-order valence-corrected chi connectivity index (χ1v) is 15.6. The van der Waals surface area contributed by atoms with Gasteiger partial charge in [-0.15, -0.1) is 11.3 Å². The van der Waals surface area contributed by atoms with E-state index in [2.05, 4.69) is 15.2 Å². The lowest BCUT2D eigenvalue weighted by Gasteiger charge is -2.38. The third-order valence-electron chi connectivity index (χ3n) is 8.09. The van der Waals surface area contributed by atoms with Gasteiger partial charge in [-0.2, -0.15) is 0 Å². The van der Waals surface area contributed by atoms with Gasteiger partial charge in [-0.1, -0.05) is 29.8 Å². The third kappa shape index (κ3) is 6.42. The predicted octanol–water partition coefficient (Wildman–Crippen LogP) is 4.10. The Hall–Kier alpha value is -4.33. The summed E-state index contributed by atoms with van der Waals surface area (Å²) < 4.78 is 19.2. The number of methoxy groups -OCH3 is 1. The molecule has 3 aromatic rings. The molecule has 1 aromatic heterocycles. The Morgan fingerprint density at radius 1 is 1.20 bits per heavy atom. The fourth-order valence-corrected chi connectivity index (χ4v) is 6.81. The number of hydrogen-bond donors (Lipinski definition) is 2. The molecule has 3 aliphatic heterocycles. The smallest absolute Gasteiger partial charge is 0.338 e. The fraction of sp³-hybridized carbons (Fsp3) is 0.323. The minimum absolute atomic E-state index is 0.0156. The number of aliphatic imine (C=N–C) groups is 1. The number of aromatic nitrogens is 1. The number of fused-ring (bicyclic) bond motifs is 1. The number of halogens is 2. The van der Waals surface area contributed by atoms with Crippen LogP contribution in [0, 0.1) is 5.82 Å². The van der Waals surface area contributed by atoms with Gasteiger partial charge in [-0.25, -0.2) is 19.0 Å². The number of rotatable bonds is 9. The Balaban J connectivity index is 1.26. The van der Waals surface area contributed by atoms with E-state index in [-0.39, 0.29) is 29.1 Å². The van der Waals surface area contributed by atoms with Gasteiger partial charge in [0.15, 0.2) is 10.8 Å². The zero-order valence-electron chi connectivity index (χ0n) is 24.3. The summed E-state index contributed by atoms with van der Waals surface area (Å²) in [7, 11) is 1.30. The quantitative estimate of drug-likeness (QED) is 0.331. The number of carboxylic acid groups (broad SMARTS) is 1. The van der Waals surface area contributed by atoms with E-state index >= 15 is 0 Å². The summed E-state index contributed by atoms with van der Waals surface area (Å²) in [5, 5.41) is 14.9. The van der Waals surface area contributed by atoms with E-state index in [0.717, 1.165) is 11.3 Å². The number of amides is 2. The van der Waals surface area contributed by atoms with Crippen molar-refractivity contribution >= 4 is 52.4 Å². The molecule has 0 spiro atoms. The second-order valence-electron chi connectivity index (χ2n) is 10.9. The second kappa shape index (κ2) is 13.0. The van der Waals surface area contributed by atoms with Crippen LogP contribution in [0.2, 0.25) is 5.02 Å². The number of ether oxygens (including phenoxy) is 1.